The molecule has 0 radical (unpaired) electrons. The van der Waals surface area contributed by atoms with Crippen LogP contribution in [0.3, 0.4) is 0 Å². The van der Waals surface area contributed by atoms with Crippen LogP contribution in [0.25, 0.3) is 0 Å². The van der Waals surface area contributed by atoms with Gasteiger partial charge in [-0.1, -0.05) is 6.07 Å². The van der Waals surface area contributed by atoms with E-state index in [4.69, 9.17) is 5.73 Å². The number of nitrogens with two attached hydrogens (primary N) is 1. The summed E-state index contributed by atoms with van der Waals surface area (Å²) >= 11 is 0. The highest BCUT2D eigenvalue weighted by Gasteiger charge is 1.86. The number of nitrogens with zero attached hydrogens (tertiary/aromatic N) is 2. The highest BCUT2D eigenvalue weighted by molar-refractivity contribution is 5.79. The molecule has 0 aromatic carbocycles. The van der Waals surface area contributed by atoms with Crippen molar-refractivity contribution < 1.29 is 4.79 Å². The van der Waals surface area contributed by atoms with Crippen LogP contribution in [0, 0.1) is 0 Å². The third kappa shape index (κ3) is 2.78. The van der Waals surface area contributed by atoms with Crippen LogP contribution >= 0.6 is 0 Å². The number of amides is 2. The van der Waals surface area contributed by atoms with Gasteiger partial charge in [-0.25, -0.2) is 10.2 Å². The summed E-state index contributed by atoms with van der Waals surface area (Å²) in [5.74, 6) is 0. The Morgan fingerprint density at radius 1 is 1.67 bits per heavy atom. The van der Waals surface area contributed by atoms with E-state index in [0.717, 1.165) is 0 Å². The Hall–Kier alpha value is -1.91. The van der Waals surface area contributed by atoms with E-state index in [9.17, 15) is 4.79 Å². The molecule has 12 heavy (non-hydrogen) atoms. The smallest absolute Gasteiger partial charge is 0.332 e. The van der Waals surface area contributed by atoms with E-state index >= 15 is 0 Å². The quantitative estimate of drug-likeness (QED) is 0.479. The van der Waals surface area contributed by atoms with E-state index in [0.29, 0.717) is 5.69 Å². The van der Waals surface area contributed by atoms with Crippen LogP contribution in [0.1, 0.15) is 5.69 Å². The maximum atomic E-state index is 10.2. The largest absolute Gasteiger partial charge is 0.350 e. The molecule has 0 fully saturated rings. The number of carbonyl (C=O) groups excluding carboxylic acids is 1. The zero-order valence-electron chi connectivity index (χ0n) is 6.27. The van der Waals surface area contributed by atoms with E-state index < -0.39 is 6.03 Å². The summed E-state index contributed by atoms with van der Waals surface area (Å²) in [5, 5.41) is 3.53. The molecule has 0 saturated heterocycles. The summed E-state index contributed by atoms with van der Waals surface area (Å²) in [4.78, 5) is 14.1. The molecule has 3 N–H and O–H groups in total. The maximum absolute atomic E-state index is 10.2. The number of hydrogen-bond acceptors (Lipinski definition) is 3. The van der Waals surface area contributed by atoms with Crippen LogP contribution < -0.4 is 11.2 Å². The van der Waals surface area contributed by atoms with Gasteiger partial charge in [0, 0.05) is 6.20 Å². The van der Waals surface area contributed by atoms with Crippen molar-refractivity contribution in [2.75, 3.05) is 0 Å². The fourth-order valence-electron chi connectivity index (χ4n) is 0.614. The van der Waals surface area contributed by atoms with Crippen molar-refractivity contribution in [2.24, 2.45) is 10.8 Å². The Morgan fingerprint density at radius 2 is 2.50 bits per heavy atom. The zero-order valence-corrected chi connectivity index (χ0v) is 6.27. The standard InChI is InChI=1S/C7H8N4O/c8-7(12)11-10-5-6-3-1-2-4-9-6/h1-5H,(H3,8,11,12). The van der Waals surface area contributed by atoms with Crippen LogP contribution in [0.2, 0.25) is 0 Å². The molecule has 1 rings (SSSR count). The van der Waals surface area contributed by atoms with Crippen molar-refractivity contribution in [1.82, 2.24) is 10.4 Å². The van der Waals surface area contributed by atoms with Gasteiger partial charge in [0.15, 0.2) is 0 Å². The van der Waals surface area contributed by atoms with Crippen LogP contribution in [0.5, 0.6) is 0 Å². The maximum Gasteiger partial charge on any atom is 0.332 e. The Bertz CT molecular complexity index is 283. The van der Waals surface area contributed by atoms with Crippen LogP contribution in [0.4, 0.5) is 4.79 Å². The van der Waals surface area contributed by atoms with Gasteiger partial charge >= 0.3 is 6.03 Å². The van der Waals surface area contributed by atoms with E-state index in [1.165, 1.54) is 6.21 Å². The molecule has 5 nitrogen and oxygen atoms in total. The lowest BCUT2D eigenvalue weighted by atomic mass is 10.4. The molecule has 62 valence electrons. The van der Waals surface area contributed by atoms with E-state index in [-0.39, 0.29) is 0 Å². The van der Waals surface area contributed by atoms with Crippen molar-refractivity contribution in [3.63, 3.8) is 0 Å². The molecular weight excluding hydrogens is 156 g/mol. The van der Waals surface area contributed by atoms with E-state index in [2.05, 4.69) is 15.5 Å². The van der Waals surface area contributed by atoms with Crippen molar-refractivity contribution in [2.45, 2.75) is 0 Å². The van der Waals surface area contributed by atoms with Crippen molar-refractivity contribution in [3.05, 3.63) is 30.1 Å². The minimum atomic E-state index is -0.692. The van der Waals surface area contributed by atoms with Gasteiger partial charge in [0.1, 0.15) is 0 Å². The number of carbonyl (C=O) groups is 1. The molecule has 5 heteroatoms. The van der Waals surface area contributed by atoms with Crippen molar-refractivity contribution in [1.29, 1.82) is 0 Å². The van der Waals surface area contributed by atoms with Gasteiger partial charge in [-0.3, -0.25) is 4.98 Å². The second-order valence-electron chi connectivity index (χ2n) is 1.99. The molecule has 0 aliphatic heterocycles. The van der Waals surface area contributed by atoms with Gasteiger partial charge in [-0.2, -0.15) is 5.10 Å². The highest BCUT2D eigenvalue weighted by atomic mass is 16.2. The molecule has 0 aliphatic rings. The summed E-state index contributed by atoms with van der Waals surface area (Å²) < 4.78 is 0. The number of aromatic nitrogens is 1. The fraction of sp³-hybridized carbons (Fsp3) is 0. The van der Waals surface area contributed by atoms with Crippen LogP contribution in [-0.2, 0) is 0 Å². The van der Waals surface area contributed by atoms with Gasteiger partial charge < -0.3 is 5.73 Å². The summed E-state index contributed by atoms with van der Waals surface area (Å²) in [6.45, 7) is 0. The molecule has 0 spiro atoms. The number of primary amides is 1. The third-order valence-corrected chi connectivity index (χ3v) is 1.06. The molecular formula is C7H8N4O. The first-order valence-corrected chi connectivity index (χ1v) is 3.28. The lowest BCUT2D eigenvalue weighted by Crippen LogP contribution is -2.24. The second-order valence-corrected chi connectivity index (χ2v) is 1.99. The average molecular weight is 164 g/mol. The summed E-state index contributed by atoms with van der Waals surface area (Å²) in [5.41, 5.74) is 7.49. The van der Waals surface area contributed by atoms with Crippen LogP contribution in [-0.4, -0.2) is 17.2 Å². The fourth-order valence-corrected chi connectivity index (χ4v) is 0.614. The van der Waals surface area contributed by atoms with Crippen molar-refractivity contribution in [3.8, 4) is 0 Å². The summed E-state index contributed by atoms with van der Waals surface area (Å²) in [6.07, 6.45) is 3.04. The Balaban J connectivity index is 2.52. The van der Waals surface area contributed by atoms with Gasteiger partial charge in [0.25, 0.3) is 0 Å². The van der Waals surface area contributed by atoms with Gasteiger partial charge in [-0.15, -0.1) is 0 Å². The lowest BCUT2D eigenvalue weighted by Gasteiger charge is -1.90. The van der Waals surface area contributed by atoms with E-state index in [1.54, 1.807) is 18.3 Å². The minimum Gasteiger partial charge on any atom is -0.350 e. The molecule has 1 aromatic heterocycles. The number of hydrazone groups is 1. The first-order chi connectivity index (χ1) is 5.79. The van der Waals surface area contributed by atoms with Gasteiger partial charge in [-0.05, 0) is 12.1 Å². The molecule has 0 bridgehead atoms. The Morgan fingerprint density at radius 3 is 3.08 bits per heavy atom. The van der Waals surface area contributed by atoms with Crippen LogP contribution in [0.15, 0.2) is 29.5 Å². The number of nitrogens with one attached hydrogen (secondary N) is 1. The molecule has 0 atom stereocenters. The van der Waals surface area contributed by atoms with Gasteiger partial charge in [0.05, 0.1) is 11.9 Å². The number of rotatable bonds is 2. The topological polar surface area (TPSA) is 80.4 Å². The molecule has 0 unspecified atom stereocenters. The van der Waals surface area contributed by atoms with Crippen molar-refractivity contribution >= 4 is 12.2 Å². The Kier molecular flexibility index (Phi) is 2.78. The SMILES string of the molecule is NC(=O)NN=Cc1ccccn1. The highest BCUT2D eigenvalue weighted by Crippen LogP contribution is 1.86. The number of urea groups is 1. The van der Waals surface area contributed by atoms with E-state index in [1.807, 2.05) is 6.07 Å². The number of hydrogen-bond donors (Lipinski definition) is 2. The first kappa shape index (κ1) is 8.19. The predicted molar refractivity (Wildman–Crippen MR) is 44.6 cm³/mol. The predicted octanol–water partition coefficient (Wildman–Crippen LogP) is 0.0838. The summed E-state index contributed by atoms with van der Waals surface area (Å²) in [6, 6.07) is 4.67. The molecule has 1 heterocycles. The third-order valence-electron chi connectivity index (χ3n) is 1.06. The lowest BCUT2D eigenvalue weighted by molar-refractivity contribution is 0.249. The van der Waals surface area contributed by atoms with Gasteiger partial charge in [0.2, 0.25) is 0 Å². The molecule has 0 aliphatic carbocycles. The molecule has 0 saturated carbocycles. The minimum absolute atomic E-state index is 0.659. The molecule has 1 aromatic rings. The average Bonchev–Trinajstić information content (AvgIpc) is 2.05. The first-order valence-electron chi connectivity index (χ1n) is 3.28. The number of pyridine rings is 1. The monoisotopic (exact) mass is 164 g/mol. The molecule has 2 amide bonds. The summed E-state index contributed by atoms with van der Waals surface area (Å²) in [7, 11) is 0. The Labute approximate surface area is 69.3 Å². The normalized spacial score (nSPS) is 10.0. The second kappa shape index (κ2) is 4.07. The zero-order chi connectivity index (χ0) is 8.81.